The van der Waals surface area contributed by atoms with Crippen molar-refractivity contribution in [3.05, 3.63) is 34.1 Å². The van der Waals surface area contributed by atoms with E-state index in [1.165, 1.54) is 12.1 Å². The smallest absolute Gasteiger partial charge is 0.254 e. The van der Waals surface area contributed by atoms with E-state index in [1.807, 2.05) is 0 Å². The van der Waals surface area contributed by atoms with Crippen molar-refractivity contribution in [2.75, 3.05) is 0 Å². The van der Waals surface area contributed by atoms with Crippen LogP contribution in [0, 0.1) is 11.7 Å². The standard InChI is InChI=1S/C14H17BrFNO/c1-9-2-5-11(6-3-9)17-14(18)12-8-10(15)4-7-13(12)16/h4,7-9,11H,2-3,5-6H2,1H3,(H,17,18). The van der Waals surface area contributed by atoms with Gasteiger partial charge in [0.25, 0.3) is 5.91 Å². The number of halogens is 2. The highest BCUT2D eigenvalue weighted by Gasteiger charge is 2.21. The topological polar surface area (TPSA) is 29.1 Å². The Morgan fingerprint density at radius 3 is 2.67 bits per heavy atom. The Morgan fingerprint density at radius 2 is 2.00 bits per heavy atom. The average Bonchev–Trinajstić information content (AvgIpc) is 2.35. The van der Waals surface area contributed by atoms with E-state index in [4.69, 9.17) is 0 Å². The number of nitrogens with one attached hydrogen (secondary N) is 1. The van der Waals surface area contributed by atoms with Crippen molar-refractivity contribution in [2.24, 2.45) is 5.92 Å². The second-order valence-corrected chi connectivity index (χ2v) is 5.97. The minimum atomic E-state index is -0.472. The van der Waals surface area contributed by atoms with Gasteiger partial charge in [0, 0.05) is 10.5 Å². The molecule has 1 aromatic carbocycles. The van der Waals surface area contributed by atoms with Crippen LogP contribution in [-0.4, -0.2) is 11.9 Å². The van der Waals surface area contributed by atoms with Gasteiger partial charge < -0.3 is 5.32 Å². The van der Waals surface area contributed by atoms with Crippen LogP contribution in [0.25, 0.3) is 0 Å². The summed E-state index contributed by atoms with van der Waals surface area (Å²) in [7, 11) is 0. The number of hydrogen-bond donors (Lipinski definition) is 1. The number of amides is 1. The van der Waals surface area contributed by atoms with Crippen molar-refractivity contribution in [1.82, 2.24) is 5.32 Å². The number of carbonyl (C=O) groups excluding carboxylic acids is 1. The van der Waals surface area contributed by atoms with Crippen LogP contribution in [0.2, 0.25) is 0 Å². The van der Waals surface area contributed by atoms with Crippen LogP contribution in [0.4, 0.5) is 4.39 Å². The van der Waals surface area contributed by atoms with Gasteiger partial charge in [-0.2, -0.15) is 0 Å². The minimum absolute atomic E-state index is 0.114. The van der Waals surface area contributed by atoms with Gasteiger partial charge in [0.15, 0.2) is 0 Å². The molecule has 1 aliphatic carbocycles. The van der Waals surface area contributed by atoms with Crippen molar-refractivity contribution < 1.29 is 9.18 Å². The third-order valence-electron chi connectivity index (χ3n) is 3.52. The average molecular weight is 314 g/mol. The van der Waals surface area contributed by atoms with Gasteiger partial charge in [0.1, 0.15) is 5.82 Å². The molecule has 98 valence electrons. The molecule has 0 unspecified atom stereocenters. The van der Waals surface area contributed by atoms with Gasteiger partial charge in [-0.1, -0.05) is 22.9 Å². The third kappa shape index (κ3) is 3.31. The van der Waals surface area contributed by atoms with E-state index >= 15 is 0 Å². The molecule has 0 atom stereocenters. The van der Waals surface area contributed by atoms with Crippen molar-refractivity contribution in [2.45, 2.75) is 38.6 Å². The normalized spacial score (nSPS) is 23.7. The maximum atomic E-state index is 13.6. The molecule has 1 N–H and O–H groups in total. The highest BCUT2D eigenvalue weighted by Crippen LogP contribution is 2.24. The fourth-order valence-corrected chi connectivity index (χ4v) is 2.70. The molecule has 0 bridgehead atoms. The maximum Gasteiger partial charge on any atom is 0.254 e. The lowest BCUT2D eigenvalue weighted by Crippen LogP contribution is -2.37. The highest BCUT2D eigenvalue weighted by atomic mass is 79.9. The summed E-state index contributed by atoms with van der Waals surface area (Å²) in [6.45, 7) is 2.23. The molecular formula is C14H17BrFNO. The summed E-state index contributed by atoms with van der Waals surface area (Å²) in [6.07, 6.45) is 4.24. The molecule has 1 aromatic rings. The lowest BCUT2D eigenvalue weighted by Gasteiger charge is -2.26. The summed E-state index contributed by atoms with van der Waals surface area (Å²) in [6, 6.07) is 4.61. The molecule has 1 fully saturated rings. The Morgan fingerprint density at radius 1 is 1.33 bits per heavy atom. The summed E-state index contributed by atoms with van der Waals surface area (Å²) >= 11 is 3.25. The van der Waals surface area contributed by atoms with Crippen LogP contribution in [0.5, 0.6) is 0 Å². The molecule has 18 heavy (non-hydrogen) atoms. The molecule has 4 heteroatoms. The van der Waals surface area contributed by atoms with Gasteiger partial charge >= 0.3 is 0 Å². The van der Waals surface area contributed by atoms with E-state index in [-0.39, 0.29) is 17.5 Å². The third-order valence-corrected chi connectivity index (χ3v) is 4.02. The molecule has 2 nitrogen and oxygen atoms in total. The SMILES string of the molecule is CC1CCC(NC(=O)c2cc(Br)ccc2F)CC1. The van der Waals surface area contributed by atoms with Crippen LogP contribution in [0.3, 0.4) is 0 Å². The van der Waals surface area contributed by atoms with Gasteiger partial charge in [-0.3, -0.25) is 4.79 Å². The van der Waals surface area contributed by atoms with Gasteiger partial charge in [0.05, 0.1) is 5.56 Å². The zero-order chi connectivity index (χ0) is 13.1. The summed E-state index contributed by atoms with van der Waals surface area (Å²) < 4.78 is 14.3. The molecule has 0 spiro atoms. The summed E-state index contributed by atoms with van der Waals surface area (Å²) in [5, 5.41) is 2.92. The molecule has 0 aromatic heterocycles. The number of rotatable bonds is 2. The Bertz CT molecular complexity index is 441. The number of hydrogen-bond acceptors (Lipinski definition) is 1. The van der Waals surface area contributed by atoms with Crippen LogP contribution in [-0.2, 0) is 0 Å². The fourth-order valence-electron chi connectivity index (χ4n) is 2.34. The predicted molar refractivity (Wildman–Crippen MR) is 73.0 cm³/mol. The van der Waals surface area contributed by atoms with Crippen LogP contribution >= 0.6 is 15.9 Å². The molecule has 1 amide bonds. The van der Waals surface area contributed by atoms with E-state index < -0.39 is 5.82 Å². The molecule has 0 aliphatic heterocycles. The maximum absolute atomic E-state index is 13.6. The van der Waals surface area contributed by atoms with E-state index in [0.29, 0.717) is 4.47 Å². The molecule has 1 saturated carbocycles. The fraction of sp³-hybridized carbons (Fsp3) is 0.500. The monoisotopic (exact) mass is 313 g/mol. The van der Waals surface area contributed by atoms with Gasteiger partial charge in [-0.25, -0.2) is 4.39 Å². The number of benzene rings is 1. The van der Waals surface area contributed by atoms with E-state index in [2.05, 4.69) is 28.2 Å². The van der Waals surface area contributed by atoms with E-state index in [9.17, 15) is 9.18 Å². The van der Waals surface area contributed by atoms with Crippen LogP contribution in [0.1, 0.15) is 43.0 Å². The number of carbonyl (C=O) groups is 1. The lowest BCUT2D eigenvalue weighted by atomic mass is 9.87. The summed E-state index contributed by atoms with van der Waals surface area (Å²) in [4.78, 5) is 12.0. The Hall–Kier alpha value is -0.900. The molecule has 2 rings (SSSR count). The zero-order valence-electron chi connectivity index (χ0n) is 10.4. The van der Waals surface area contributed by atoms with Crippen LogP contribution < -0.4 is 5.32 Å². The van der Waals surface area contributed by atoms with E-state index in [1.54, 1.807) is 6.07 Å². The van der Waals surface area contributed by atoms with Gasteiger partial charge in [-0.05, 0) is 49.8 Å². The van der Waals surface area contributed by atoms with Crippen molar-refractivity contribution >= 4 is 21.8 Å². The molecule has 0 heterocycles. The first-order valence-electron chi connectivity index (χ1n) is 6.32. The summed E-state index contributed by atoms with van der Waals surface area (Å²) in [5.74, 6) is -0.0472. The predicted octanol–water partition coefficient (Wildman–Crippen LogP) is 3.90. The van der Waals surface area contributed by atoms with Crippen LogP contribution in [0.15, 0.2) is 22.7 Å². The molecular weight excluding hydrogens is 297 g/mol. The molecule has 0 radical (unpaired) electrons. The van der Waals surface area contributed by atoms with Gasteiger partial charge in [-0.15, -0.1) is 0 Å². The first-order chi connectivity index (χ1) is 8.56. The second-order valence-electron chi connectivity index (χ2n) is 5.05. The molecule has 0 saturated heterocycles. The second kappa shape index (κ2) is 5.83. The Balaban J connectivity index is 2.01. The first-order valence-corrected chi connectivity index (χ1v) is 7.11. The minimum Gasteiger partial charge on any atom is -0.349 e. The summed E-state index contributed by atoms with van der Waals surface area (Å²) in [5.41, 5.74) is 0.114. The largest absolute Gasteiger partial charge is 0.349 e. The Kier molecular flexibility index (Phi) is 4.38. The first kappa shape index (κ1) is 13.5. The zero-order valence-corrected chi connectivity index (χ0v) is 12.0. The highest BCUT2D eigenvalue weighted by molar-refractivity contribution is 9.10. The van der Waals surface area contributed by atoms with Gasteiger partial charge in [0.2, 0.25) is 0 Å². The quantitative estimate of drug-likeness (QED) is 0.881. The van der Waals surface area contributed by atoms with Crippen molar-refractivity contribution in [1.29, 1.82) is 0 Å². The van der Waals surface area contributed by atoms with E-state index in [0.717, 1.165) is 31.6 Å². The van der Waals surface area contributed by atoms with Crippen molar-refractivity contribution in [3.63, 3.8) is 0 Å². The van der Waals surface area contributed by atoms with Crippen molar-refractivity contribution in [3.8, 4) is 0 Å². The lowest BCUT2D eigenvalue weighted by molar-refractivity contribution is 0.0919. The molecule has 1 aliphatic rings. The Labute approximate surface area is 115 Å².